The van der Waals surface area contributed by atoms with Crippen LogP contribution in [-0.2, 0) is 4.79 Å². The zero-order valence-corrected chi connectivity index (χ0v) is 15.4. The fraction of sp³-hybridized carbons (Fsp3) is 0.0909. The van der Waals surface area contributed by atoms with E-state index in [1.165, 1.54) is 6.07 Å². The van der Waals surface area contributed by atoms with Gasteiger partial charge in [-0.3, -0.25) is 4.79 Å². The minimum absolute atomic E-state index is 0.114. The largest absolute Gasteiger partial charge is 0.327 e. The highest BCUT2D eigenvalue weighted by Crippen LogP contribution is 2.30. The maximum Gasteiger partial charge on any atom is 0.319 e. The van der Waals surface area contributed by atoms with Gasteiger partial charge in [0.15, 0.2) is 11.6 Å². The highest BCUT2D eigenvalue weighted by atomic mass is 19.2. The number of rotatable bonds is 3. The van der Waals surface area contributed by atoms with Gasteiger partial charge in [0.2, 0.25) is 0 Å². The highest BCUT2D eigenvalue weighted by Gasteiger charge is 2.31. The summed E-state index contributed by atoms with van der Waals surface area (Å²) in [7, 11) is 0. The van der Waals surface area contributed by atoms with Crippen molar-refractivity contribution in [2.24, 2.45) is 0 Å². The molecule has 0 radical (unpaired) electrons. The van der Waals surface area contributed by atoms with E-state index in [0.29, 0.717) is 5.70 Å². The molecule has 0 unspecified atom stereocenters. The van der Waals surface area contributed by atoms with E-state index in [1.807, 2.05) is 42.5 Å². The van der Waals surface area contributed by atoms with Crippen LogP contribution in [0.25, 0.3) is 10.8 Å². The van der Waals surface area contributed by atoms with E-state index in [1.54, 1.807) is 6.92 Å². The SMILES string of the molecule is CC1=C(C(=O)Nc2ccc(F)c(F)c2)[C@@H](c2ccc3ccccc3c2)NC(=O)N1. The van der Waals surface area contributed by atoms with E-state index >= 15 is 0 Å². The molecule has 1 atom stereocenters. The third-order valence-corrected chi connectivity index (χ3v) is 4.80. The molecule has 0 aromatic heterocycles. The van der Waals surface area contributed by atoms with E-state index in [2.05, 4.69) is 16.0 Å². The van der Waals surface area contributed by atoms with Gasteiger partial charge in [-0.05, 0) is 41.5 Å². The maximum absolute atomic E-state index is 13.5. The van der Waals surface area contributed by atoms with Gasteiger partial charge >= 0.3 is 6.03 Å². The topological polar surface area (TPSA) is 70.2 Å². The molecule has 146 valence electrons. The summed E-state index contributed by atoms with van der Waals surface area (Å²) in [6.07, 6.45) is 0. The molecule has 1 heterocycles. The molecule has 29 heavy (non-hydrogen) atoms. The van der Waals surface area contributed by atoms with Gasteiger partial charge in [-0.2, -0.15) is 0 Å². The van der Waals surface area contributed by atoms with Crippen LogP contribution in [0.3, 0.4) is 0 Å². The summed E-state index contributed by atoms with van der Waals surface area (Å²) in [5, 5.41) is 9.92. The molecule has 5 nitrogen and oxygen atoms in total. The van der Waals surface area contributed by atoms with Crippen LogP contribution in [0.15, 0.2) is 71.9 Å². The summed E-state index contributed by atoms with van der Waals surface area (Å²) in [6, 6.07) is 15.4. The lowest BCUT2D eigenvalue weighted by molar-refractivity contribution is -0.113. The molecule has 3 amide bonds. The fourth-order valence-electron chi connectivity index (χ4n) is 3.40. The van der Waals surface area contributed by atoms with Crippen LogP contribution in [0.4, 0.5) is 19.3 Å². The molecule has 1 aliphatic heterocycles. The monoisotopic (exact) mass is 393 g/mol. The van der Waals surface area contributed by atoms with Crippen LogP contribution in [0, 0.1) is 11.6 Å². The first-order valence-electron chi connectivity index (χ1n) is 8.96. The van der Waals surface area contributed by atoms with Crippen LogP contribution in [-0.4, -0.2) is 11.9 Å². The minimum Gasteiger partial charge on any atom is -0.327 e. The van der Waals surface area contributed by atoms with Crippen LogP contribution in [0.1, 0.15) is 18.5 Å². The third kappa shape index (κ3) is 3.67. The molecular weight excluding hydrogens is 376 g/mol. The predicted molar refractivity (Wildman–Crippen MR) is 106 cm³/mol. The molecule has 0 fully saturated rings. The lowest BCUT2D eigenvalue weighted by atomic mass is 9.93. The number of amides is 3. The van der Waals surface area contributed by atoms with Gasteiger partial charge in [-0.15, -0.1) is 0 Å². The van der Waals surface area contributed by atoms with E-state index in [4.69, 9.17) is 0 Å². The molecule has 0 saturated heterocycles. The van der Waals surface area contributed by atoms with Gasteiger partial charge in [-0.25, -0.2) is 13.6 Å². The predicted octanol–water partition coefficient (Wildman–Crippen LogP) is 4.38. The zero-order valence-electron chi connectivity index (χ0n) is 15.4. The third-order valence-electron chi connectivity index (χ3n) is 4.80. The summed E-state index contributed by atoms with van der Waals surface area (Å²) in [5.74, 6) is -2.59. The Labute approximate surface area is 165 Å². The molecule has 1 aliphatic rings. The van der Waals surface area contributed by atoms with Gasteiger partial charge < -0.3 is 16.0 Å². The number of nitrogens with one attached hydrogen (secondary N) is 3. The summed E-state index contributed by atoms with van der Waals surface area (Å²) in [4.78, 5) is 25.0. The summed E-state index contributed by atoms with van der Waals surface area (Å²) in [6.45, 7) is 1.62. The molecular formula is C22H17F2N3O2. The van der Waals surface area contributed by atoms with Gasteiger partial charge in [0.05, 0.1) is 11.6 Å². The second kappa shape index (κ2) is 7.35. The average Bonchev–Trinajstić information content (AvgIpc) is 2.69. The first-order valence-corrected chi connectivity index (χ1v) is 8.96. The number of fused-ring (bicyclic) bond motifs is 1. The first-order chi connectivity index (χ1) is 13.9. The molecule has 4 rings (SSSR count). The van der Waals surface area contributed by atoms with E-state index in [0.717, 1.165) is 28.5 Å². The second-order valence-electron chi connectivity index (χ2n) is 6.76. The van der Waals surface area contributed by atoms with Crippen molar-refractivity contribution in [3.63, 3.8) is 0 Å². The Kier molecular flexibility index (Phi) is 4.72. The number of allylic oxidation sites excluding steroid dienone is 1. The number of hydrogen-bond donors (Lipinski definition) is 3. The zero-order chi connectivity index (χ0) is 20.5. The number of urea groups is 1. The standard InChI is InChI=1S/C22H17F2N3O2/c1-12-19(21(28)26-16-8-9-17(23)18(24)11-16)20(27-22(29)25-12)15-7-6-13-4-2-3-5-14(13)10-15/h2-11,20H,1H3,(H,26,28)(H2,25,27,29)/t20-/m1/s1. The van der Waals surface area contributed by atoms with E-state index < -0.39 is 29.6 Å². The first kappa shape index (κ1) is 18.6. The fourth-order valence-corrected chi connectivity index (χ4v) is 3.40. The molecule has 3 N–H and O–H groups in total. The number of hydrogen-bond acceptors (Lipinski definition) is 2. The van der Waals surface area contributed by atoms with Gasteiger partial charge in [0.1, 0.15) is 0 Å². The van der Waals surface area contributed by atoms with Gasteiger partial charge in [-0.1, -0.05) is 36.4 Å². The molecule has 7 heteroatoms. The van der Waals surface area contributed by atoms with Crippen LogP contribution >= 0.6 is 0 Å². The quantitative estimate of drug-likeness (QED) is 0.618. The summed E-state index contributed by atoms with van der Waals surface area (Å²) < 4.78 is 26.6. The summed E-state index contributed by atoms with van der Waals surface area (Å²) in [5.41, 5.74) is 1.51. The Hall–Kier alpha value is -3.74. The summed E-state index contributed by atoms with van der Waals surface area (Å²) >= 11 is 0. The minimum atomic E-state index is -1.06. The molecule has 0 saturated carbocycles. The van der Waals surface area contributed by atoms with Crippen molar-refractivity contribution in [3.05, 3.63) is 89.1 Å². The number of halogens is 2. The van der Waals surface area contributed by atoms with Gasteiger partial charge in [0, 0.05) is 17.5 Å². The molecule has 0 aliphatic carbocycles. The lowest BCUT2D eigenvalue weighted by Crippen LogP contribution is -2.45. The number of benzene rings is 3. The average molecular weight is 393 g/mol. The lowest BCUT2D eigenvalue weighted by Gasteiger charge is -2.29. The van der Waals surface area contributed by atoms with Crippen molar-refractivity contribution in [2.45, 2.75) is 13.0 Å². The Balaban J connectivity index is 1.71. The van der Waals surface area contributed by atoms with Gasteiger partial charge in [0.25, 0.3) is 5.91 Å². The smallest absolute Gasteiger partial charge is 0.319 e. The van der Waals surface area contributed by atoms with Crippen molar-refractivity contribution in [3.8, 4) is 0 Å². The van der Waals surface area contributed by atoms with E-state index in [-0.39, 0.29) is 11.3 Å². The number of carbonyl (C=O) groups is 2. The van der Waals surface area contributed by atoms with Crippen molar-refractivity contribution in [1.82, 2.24) is 10.6 Å². The Morgan fingerprint density at radius 1 is 0.966 bits per heavy atom. The molecule has 0 bridgehead atoms. The maximum atomic E-state index is 13.5. The Morgan fingerprint density at radius 2 is 1.72 bits per heavy atom. The van der Waals surface area contributed by atoms with E-state index in [9.17, 15) is 18.4 Å². The second-order valence-corrected chi connectivity index (χ2v) is 6.76. The van der Waals surface area contributed by atoms with Crippen molar-refractivity contribution in [1.29, 1.82) is 0 Å². The molecule has 0 spiro atoms. The normalized spacial score (nSPS) is 16.4. The van der Waals surface area contributed by atoms with Crippen molar-refractivity contribution >= 4 is 28.4 Å². The Morgan fingerprint density at radius 3 is 2.48 bits per heavy atom. The van der Waals surface area contributed by atoms with Crippen molar-refractivity contribution < 1.29 is 18.4 Å². The molecule has 3 aromatic carbocycles. The van der Waals surface area contributed by atoms with Crippen LogP contribution in [0.2, 0.25) is 0 Å². The number of anilines is 1. The van der Waals surface area contributed by atoms with Crippen molar-refractivity contribution in [2.75, 3.05) is 5.32 Å². The molecule has 3 aromatic rings. The number of carbonyl (C=O) groups excluding carboxylic acids is 2. The van der Waals surface area contributed by atoms with Crippen LogP contribution < -0.4 is 16.0 Å². The Bertz CT molecular complexity index is 1170. The highest BCUT2D eigenvalue weighted by molar-refractivity contribution is 6.07. The van der Waals surface area contributed by atoms with Crippen LogP contribution in [0.5, 0.6) is 0 Å².